The molecule has 0 unspecified atom stereocenters. The van der Waals surface area contributed by atoms with E-state index in [1.807, 2.05) is 13.8 Å². The normalized spacial score (nSPS) is 10.9. The molecule has 1 heterocycles. The molecule has 0 saturated heterocycles. The highest BCUT2D eigenvalue weighted by atomic mass is 16.5. The first-order valence-corrected chi connectivity index (χ1v) is 7.19. The Labute approximate surface area is 129 Å². The first-order valence-electron chi connectivity index (χ1n) is 7.19. The van der Waals surface area contributed by atoms with Gasteiger partial charge in [-0.2, -0.15) is 0 Å². The molecule has 0 amide bonds. The van der Waals surface area contributed by atoms with Crippen molar-refractivity contribution in [2.45, 2.75) is 20.8 Å². The molecule has 0 spiro atoms. The third kappa shape index (κ3) is 2.29. The van der Waals surface area contributed by atoms with Crippen LogP contribution in [0.15, 0.2) is 45.8 Å². The molecular weight excluding hydrogens is 276 g/mol. The topological polar surface area (TPSA) is 39.4 Å². The van der Waals surface area contributed by atoms with Crippen LogP contribution in [0.3, 0.4) is 0 Å². The second-order valence-corrected chi connectivity index (χ2v) is 5.61. The predicted molar refractivity (Wildman–Crippen MR) is 88.7 cm³/mol. The fourth-order valence-corrected chi connectivity index (χ4v) is 3.01. The van der Waals surface area contributed by atoms with Gasteiger partial charge < -0.3 is 9.15 Å². The standard InChI is InChI=1S/C19H18O3/c1-11-7-12(2)18(13(3)8-11)16-10-22-17-9-14(21-4)5-6-15(17)19(16)20/h5-10H,1-4H3. The molecule has 3 heteroatoms. The van der Waals surface area contributed by atoms with Gasteiger partial charge in [-0.1, -0.05) is 17.7 Å². The third-order valence-electron chi connectivity index (χ3n) is 3.93. The monoisotopic (exact) mass is 294 g/mol. The SMILES string of the molecule is COc1ccc2c(=O)c(-c3c(C)cc(C)cc3C)coc2c1. The number of fused-ring (bicyclic) bond motifs is 1. The van der Waals surface area contributed by atoms with Gasteiger partial charge in [-0.05, 0) is 49.6 Å². The first-order chi connectivity index (χ1) is 10.5. The van der Waals surface area contributed by atoms with Gasteiger partial charge in [0.05, 0.1) is 18.1 Å². The number of aryl methyl sites for hydroxylation is 3. The molecule has 0 aliphatic rings. The molecular formula is C19H18O3. The van der Waals surface area contributed by atoms with Gasteiger partial charge in [0.15, 0.2) is 0 Å². The Morgan fingerprint density at radius 1 is 1.00 bits per heavy atom. The van der Waals surface area contributed by atoms with Crippen molar-refractivity contribution in [3.05, 3.63) is 63.5 Å². The quantitative estimate of drug-likeness (QED) is 0.703. The van der Waals surface area contributed by atoms with E-state index in [1.54, 1.807) is 31.6 Å². The second kappa shape index (κ2) is 5.34. The van der Waals surface area contributed by atoms with Gasteiger partial charge in [0.1, 0.15) is 17.6 Å². The smallest absolute Gasteiger partial charge is 0.200 e. The summed E-state index contributed by atoms with van der Waals surface area (Å²) in [5.74, 6) is 0.672. The zero-order valence-corrected chi connectivity index (χ0v) is 13.2. The van der Waals surface area contributed by atoms with Crippen LogP contribution in [0.5, 0.6) is 5.75 Å². The summed E-state index contributed by atoms with van der Waals surface area (Å²) < 4.78 is 10.8. The van der Waals surface area contributed by atoms with Crippen molar-refractivity contribution in [2.24, 2.45) is 0 Å². The van der Waals surface area contributed by atoms with Crippen LogP contribution < -0.4 is 10.2 Å². The van der Waals surface area contributed by atoms with E-state index in [4.69, 9.17) is 9.15 Å². The number of hydrogen-bond acceptors (Lipinski definition) is 3. The van der Waals surface area contributed by atoms with Gasteiger partial charge in [-0.25, -0.2) is 0 Å². The molecule has 0 aliphatic carbocycles. The van der Waals surface area contributed by atoms with Crippen LogP contribution >= 0.6 is 0 Å². The van der Waals surface area contributed by atoms with E-state index in [0.717, 1.165) is 16.7 Å². The van der Waals surface area contributed by atoms with Crippen LogP contribution in [0.1, 0.15) is 16.7 Å². The summed E-state index contributed by atoms with van der Waals surface area (Å²) in [4.78, 5) is 12.8. The number of benzene rings is 2. The third-order valence-corrected chi connectivity index (χ3v) is 3.93. The molecule has 3 rings (SSSR count). The van der Waals surface area contributed by atoms with Crippen LogP contribution in [-0.2, 0) is 0 Å². The molecule has 0 atom stereocenters. The maximum Gasteiger partial charge on any atom is 0.200 e. The fourth-order valence-electron chi connectivity index (χ4n) is 3.01. The number of rotatable bonds is 2. The highest BCUT2D eigenvalue weighted by molar-refractivity contribution is 5.84. The molecule has 3 nitrogen and oxygen atoms in total. The summed E-state index contributed by atoms with van der Waals surface area (Å²) in [6, 6.07) is 9.43. The average Bonchev–Trinajstić information content (AvgIpc) is 2.48. The molecule has 0 bridgehead atoms. The lowest BCUT2D eigenvalue weighted by molar-refractivity contribution is 0.414. The van der Waals surface area contributed by atoms with E-state index in [2.05, 4.69) is 19.1 Å². The minimum absolute atomic E-state index is 0.0149. The van der Waals surface area contributed by atoms with Gasteiger partial charge in [0, 0.05) is 6.07 Å². The van der Waals surface area contributed by atoms with Crippen molar-refractivity contribution in [2.75, 3.05) is 7.11 Å². The lowest BCUT2D eigenvalue weighted by Crippen LogP contribution is -2.07. The minimum atomic E-state index is -0.0149. The Bertz CT molecular complexity index is 897. The molecule has 0 saturated carbocycles. The first kappa shape index (κ1) is 14.4. The molecule has 1 aromatic heterocycles. The Balaban J connectivity index is 2.30. The fraction of sp³-hybridized carbons (Fsp3) is 0.211. The summed E-state index contributed by atoms with van der Waals surface area (Å²) >= 11 is 0. The van der Waals surface area contributed by atoms with Crippen molar-refractivity contribution in [1.29, 1.82) is 0 Å². The van der Waals surface area contributed by atoms with Crippen molar-refractivity contribution < 1.29 is 9.15 Å². The summed E-state index contributed by atoms with van der Waals surface area (Å²) in [5.41, 5.74) is 5.43. The van der Waals surface area contributed by atoms with E-state index in [-0.39, 0.29) is 5.43 Å². The number of ether oxygens (including phenoxy) is 1. The molecule has 22 heavy (non-hydrogen) atoms. The molecule has 3 aromatic rings. The zero-order valence-electron chi connectivity index (χ0n) is 13.2. The second-order valence-electron chi connectivity index (χ2n) is 5.61. The predicted octanol–water partition coefficient (Wildman–Crippen LogP) is 4.39. The highest BCUT2D eigenvalue weighted by Crippen LogP contribution is 2.28. The van der Waals surface area contributed by atoms with Crippen LogP contribution in [0.4, 0.5) is 0 Å². The summed E-state index contributed by atoms with van der Waals surface area (Å²) in [6.45, 7) is 6.10. The van der Waals surface area contributed by atoms with E-state index < -0.39 is 0 Å². The summed E-state index contributed by atoms with van der Waals surface area (Å²) in [6.07, 6.45) is 1.55. The van der Waals surface area contributed by atoms with Gasteiger partial charge in [-0.3, -0.25) is 4.79 Å². The molecule has 0 aliphatic heterocycles. The van der Waals surface area contributed by atoms with Crippen LogP contribution in [0, 0.1) is 20.8 Å². The van der Waals surface area contributed by atoms with Gasteiger partial charge in [-0.15, -0.1) is 0 Å². The van der Waals surface area contributed by atoms with Gasteiger partial charge in [0.2, 0.25) is 5.43 Å². The highest BCUT2D eigenvalue weighted by Gasteiger charge is 2.14. The van der Waals surface area contributed by atoms with Crippen LogP contribution in [0.25, 0.3) is 22.1 Å². The minimum Gasteiger partial charge on any atom is -0.497 e. The number of methoxy groups -OCH3 is 1. The lowest BCUT2D eigenvalue weighted by Gasteiger charge is -2.11. The maximum atomic E-state index is 12.8. The van der Waals surface area contributed by atoms with Crippen molar-refractivity contribution in [3.8, 4) is 16.9 Å². The zero-order chi connectivity index (χ0) is 15.9. The van der Waals surface area contributed by atoms with Crippen LogP contribution in [0.2, 0.25) is 0 Å². The largest absolute Gasteiger partial charge is 0.497 e. The molecule has 0 fully saturated rings. The van der Waals surface area contributed by atoms with Gasteiger partial charge in [0.25, 0.3) is 0 Å². The van der Waals surface area contributed by atoms with Crippen molar-refractivity contribution >= 4 is 11.0 Å². The van der Waals surface area contributed by atoms with Crippen LogP contribution in [-0.4, -0.2) is 7.11 Å². The molecule has 2 aromatic carbocycles. The van der Waals surface area contributed by atoms with Crippen molar-refractivity contribution in [3.63, 3.8) is 0 Å². The van der Waals surface area contributed by atoms with E-state index >= 15 is 0 Å². The van der Waals surface area contributed by atoms with E-state index in [0.29, 0.717) is 22.3 Å². The maximum absolute atomic E-state index is 12.8. The Kier molecular flexibility index (Phi) is 3.49. The van der Waals surface area contributed by atoms with Crippen molar-refractivity contribution in [1.82, 2.24) is 0 Å². The molecule has 0 radical (unpaired) electrons. The Morgan fingerprint density at radius 2 is 1.68 bits per heavy atom. The van der Waals surface area contributed by atoms with E-state index in [1.165, 1.54) is 5.56 Å². The summed E-state index contributed by atoms with van der Waals surface area (Å²) in [5, 5.41) is 0.567. The summed E-state index contributed by atoms with van der Waals surface area (Å²) in [7, 11) is 1.59. The Hall–Kier alpha value is -2.55. The lowest BCUT2D eigenvalue weighted by atomic mass is 9.94. The van der Waals surface area contributed by atoms with Gasteiger partial charge >= 0.3 is 0 Å². The average molecular weight is 294 g/mol. The Morgan fingerprint density at radius 3 is 2.32 bits per heavy atom. The van der Waals surface area contributed by atoms with E-state index in [9.17, 15) is 4.79 Å². The molecule has 112 valence electrons. The molecule has 0 N–H and O–H groups in total. The number of hydrogen-bond donors (Lipinski definition) is 0.